The predicted molar refractivity (Wildman–Crippen MR) is 98.2 cm³/mol. The predicted octanol–water partition coefficient (Wildman–Crippen LogP) is 4.14. The molecule has 1 aliphatic rings. The third kappa shape index (κ3) is 3.76. The molecule has 2 rings (SSSR count). The number of nitrogens with zero attached hydrogens (tertiary/aromatic N) is 1. The minimum absolute atomic E-state index is 0.00435. The van der Waals surface area contributed by atoms with E-state index in [1.807, 2.05) is 19.1 Å². The van der Waals surface area contributed by atoms with Crippen LogP contribution >= 0.6 is 34.2 Å². The van der Waals surface area contributed by atoms with E-state index in [4.69, 9.17) is 16.3 Å². The fourth-order valence-corrected chi connectivity index (χ4v) is 3.14. The van der Waals surface area contributed by atoms with Gasteiger partial charge >= 0.3 is 0 Å². The van der Waals surface area contributed by atoms with Crippen LogP contribution in [0.3, 0.4) is 0 Å². The van der Waals surface area contributed by atoms with Gasteiger partial charge in [-0.05, 0) is 38.5 Å². The summed E-state index contributed by atoms with van der Waals surface area (Å²) in [5.41, 5.74) is 1.74. The maximum absolute atomic E-state index is 12.3. The number of carbonyl (C=O) groups excluding carboxylic acids is 1. The number of allylic oxidation sites excluding steroid dienone is 1. The van der Waals surface area contributed by atoms with Gasteiger partial charge in [0, 0.05) is 17.8 Å². The van der Waals surface area contributed by atoms with Crippen molar-refractivity contribution in [1.82, 2.24) is 4.90 Å². The Bertz CT molecular complexity index is 660. The molecule has 1 unspecified atom stereocenters. The summed E-state index contributed by atoms with van der Waals surface area (Å²) in [6.07, 6.45) is 2.80. The Morgan fingerprint density at radius 2 is 2.27 bits per heavy atom. The fraction of sp³-hybridized carbons (Fsp3) is 0.353. The molecule has 0 aromatic heterocycles. The summed E-state index contributed by atoms with van der Waals surface area (Å²) in [6, 6.07) is 5.52. The van der Waals surface area contributed by atoms with Crippen LogP contribution in [-0.2, 0) is 4.79 Å². The SMILES string of the molecule is CC#CCOc1ccc(C2=CCC(I)C(=O)N2CC)c(Cl)c1. The molecule has 0 N–H and O–H groups in total. The molecule has 1 aromatic carbocycles. The standard InChI is InChI=1S/C17H17ClINO2/c1-3-5-10-22-12-6-7-13(14(18)11-12)16-9-8-15(19)17(21)20(16)4-2/h6-7,9,11,15H,4,8,10H2,1-2H3. The number of ether oxygens (including phenoxy) is 1. The molecule has 0 bridgehead atoms. The van der Waals surface area contributed by atoms with E-state index in [-0.39, 0.29) is 9.83 Å². The summed E-state index contributed by atoms with van der Waals surface area (Å²) in [5.74, 6) is 6.43. The average Bonchev–Trinajstić information content (AvgIpc) is 2.51. The van der Waals surface area contributed by atoms with E-state index in [9.17, 15) is 4.79 Å². The first-order valence-electron chi connectivity index (χ1n) is 7.06. The number of hydrogen-bond acceptors (Lipinski definition) is 2. The molecule has 5 heteroatoms. The number of rotatable bonds is 4. The first-order chi connectivity index (χ1) is 10.6. The fourth-order valence-electron chi connectivity index (χ4n) is 2.28. The van der Waals surface area contributed by atoms with Gasteiger partial charge in [-0.3, -0.25) is 4.79 Å². The molecule has 1 amide bonds. The van der Waals surface area contributed by atoms with Crippen molar-refractivity contribution < 1.29 is 9.53 Å². The number of amides is 1. The summed E-state index contributed by atoms with van der Waals surface area (Å²) in [4.78, 5) is 14.1. The van der Waals surface area contributed by atoms with Gasteiger partial charge in [0.15, 0.2) is 0 Å². The molecular formula is C17H17ClINO2. The molecule has 1 heterocycles. The van der Waals surface area contributed by atoms with Crippen LogP contribution in [0, 0.1) is 11.8 Å². The second kappa shape index (κ2) is 7.89. The first-order valence-corrected chi connectivity index (χ1v) is 8.68. The molecule has 0 saturated carbocycles. The summed E-state index contributed by atoms with van der Waals surface area (Å²) in [6.45, 7) is 4.71. The van der Waals surface area contributed by atoms with Gasteiger partial charge in [0.05, 0.1) is 8.95 Å². The van der Waals surface area contributed by atoms with Crippen molar-refractivity contribution in [3.8, 4) is 17.6 Å². The van der Waals surface area contributed by atoms with Crippen molar-refractivity contribution >= 4 is 45.8 Å². The first kappa shape index (κ1) is 17.2. The Morgan fingerprint density at radius 1 is 1.50 bits per heavy atom. The lowest BCUT2D eigenvalue weighted by molar-refractivity contribution is -0.127. The van der Waals surface area contributed by atoms with E-state index in [2.05, 4.69) is 40.5 Å². The monoisotopic (exact) mass is 429 g/mol. The molecule has 22 heavy (non-hydrogen) atoms. The minimum atomic E-state index is -0.00435. The Hall–Kier alpha value is -1.19. The Labute approximate surface area is 149 Å². The molecule has 1 aromatic rings. The molecule has 1 atom stereocenters. The van der Waals surface area contributed by atoms with Crippen LogP contribution in [0.4, 0.5) is 0 Å². The van der Waals surface area contributed by atoms with Gasteiger partial charge in [0.2, 0.25) is 5.91 Å². The van der Waals surface area contributed by atoms with Crippen LogP contribution in [0.1, 0.15) is 25.8 Å². The van der Waals surface area contributed by atoms with Crippen LogP contribution in [0.15, 0.2) is 24.3 Å². The van der Waals surface area contributed by atoms with Crippen LogP contribution in [-0.4, -0.2) is 27.9 Å². The number of benzene rings is 1. The van der Waals surface area contributed by atoms with Crippen molar-refractivity contribution in [2.24, 2.45) is 0 Å². The van der Waals surface area contributed by atoms with Crippen molar-refractivity contribution in [1.29, 1.82) is 0 Å². The lowest BCUT2D eigenvalue weighted by atomic mass is 10.0. The molecule has 0 spiro atoms. The number of halogens is 2. The highest BCUT2D eigenvalue weighted by Crippen LogP contribution is 2.34. The zero-order chi connectivity index (χ0) is 16.1. The van der Waals surface area contributed by atoms with Gasteiger partial charge in [-0.25, -0.2) is 0 Å². The largest absolute Gasteiger partial charge is 0.481 e. The highest BCUT2D eigenvalue weighted by atomic mass is 127. The number of hydrogen-bond donors (Lipinski definition) is 0. The van der Waals surface area contributed by atoms with Gasteiger partial charge in [-0.15, -0.1) is 5.92 Å². The lowest BCUT2D eigenvalue weighted by Gasteiger charge is -2.30. The third-order valence-corrected chi connectivity index (χ3v) is 4.72. The zero-order valence-corrected chi connectivity index (χ0v) is 15.4. The summed E-state index contributed by atoms with van der Waals surface area (Å²) in [7, 11) is 0. The van der Waals surface area contributed by atoms with E-state index in [0.717, 1.165) is 17.7 Å². The molecule has 0 aliphatic carbocycles. The van der Waals surface area contributed by atoms with Crippen LogP contribution in [0.2, 0.25) is 5.02 Å². The van der Waals surface area contributed by atoms with E-state index < -0.39 is 0 Å². The molecule has 0 fully saturated rings. The Kier molecular flexibility index (Phi) is 6.16. The minimum Gasteiger partial charge on any atom is -0.481 e. The third-order valence-electron chi connectivity index (χ3n) is 3.36. The van der Waals surface area contributed by atoms with Crippen LogP contribution in [0.5, 0.6) is 5.75 Å². The molecule has 116 valence electrons. The van der Waals surface area contributed by atoms with Gasteiger partial charge in [-0.1, -0.05) is 46.2 Å². The maximum Gasteiger partial charge on any atom is 0.240 e. The van der Waals surface area contributed by atoms with E-state index in [0.29, 0.717) is 23.9 Å². The van der Waals surface area contributed by atoms with Crippen molar-refractivity contribution in [3.05, 3.63) is 34.9 Å². The van der Waals surface area contributed by atoms with E-state index >= 15 is 0 Å². The van der Waals surface area contributed by atoms with Crippen molar-refractivity contribution in [2.75, 3.05) is 13.2 Å². The maximum atomic E-state index is 12.3. The van der Waals surface area contributed by atoms with Gasteiger partial charge < -0.3 is 9.64 Å². The van der Waals surface area contributed by atoms with Crippen molar-refractivity contribution in [2.45, 2.75) is 24.2 Å². The summed E-state index contributed by atoms with van der Waals surface area (Å²) >= 11 is 8.57. The quantitative estimate of drug-likeness (QED) is 0.409. The topological polar surface area (TPSA) is 29.5 Å². The second-order valence-electron chi connectivity index (χ2n) is 4.73. The summed E-state index contributed by atoms with van der Waals surface area (Å²) in [5, 5.41) is 0.575. The normalized spacial score (nSPS) is 17.6. The zero-order valence-electron chi connectivity index (χ0n) is 12.5. The molecule has 0 radical (unpaired) electrons. The van der Waals surface area contributed by atoms with Gasteiger partial charge in [0.1, 0.15) is 12.4 Å². The van der Waals surface area contributed by atoms with Gasteiger partial charge in [0.25, 0.3) is 0 Å². The van der Waals surface area contributed by atoms with Crippen molar-refractivity contribution in [3.63, 3.8) is 0 Å². The molecule has 0 saturated heterocycles. The number of carbonyl (C=O) groups is 1. The molecule has 3 nitrogen and oxygen atoms in total. The highest BCUT2D eigenvalue weighted by Gasteiger charge is 2.28. The Morgan fingerprint density at radius 3 is 2.91 bits per heavy atom. The lowest BCUT2D eigenvalue weighted by Crippen LogP contribution is -2.38. The van der Waals surface area contributed by atoms with Crippen LogP contribution in [0.25, 0.3) is 5.70 Å². The highest BCUT2D eigenvalue weighted by molar-refractivity contribution is 14.1. The Balaban J connectivity index is 2.28. The van der Waals surface area contributed by atoms with Gasteiger partial charge in [-0.2, -0.15) is 0 Å². The second-order valence-corrected chi connectivity index (χ2v) is 6.64. The number of alkyl halides is 1. The molecule has 1 aliphatic heterocycles. The van der Waals surface area contributed by atoms with E-state index in [1.165, 1.54) is 0 Å². The van der Waals surface area contributed by atoms with Crippen LogP contribution < -0.4 is 4.74 Å². The smallest absolute Gasteiger partial charge is 0.240 e. The summed E-state index contributed by atoms with van der Waals surface area (Å²) < 4.78 is 5.50. The average molecular weight is 430 g/mol. The van der Waals surface area contributed by atoms with E-state index in [1.54, 1.807) is 17.9 Å². The molecular weight excluding hydrogens is 413 g/mol.